The SMILES string of the molecule is O=C(c1cc(C(F)(F)F)cc(C(F)(F)F)c1)N1C2CCCCC21. The van der Waals surface area contributed by atoms with E-state index in [1.807, 2.05) is 0 Å². The van der Waals surface area contributed by atoms with Gasteiger partial charge in [-0.25, -0.2) is 0 Å². The molecule has 0 N–H and O–H groups in total. The van der Waals surface area contributed by atoms with E-state index in [4.69, 9.17) is 0 Å². The summed E-state index contributed by atoms with van der Waals surface area (Å²) in [6.45, 7) is 0. The van der Waals surface area contributed by atoms with Gasteiger partial charge in [-0.3, -0.25) is 4.79 Å². The summed E-state index contributed by atoms with van der Waals surface area (Å²) in [4.78, 5) is 13.7. The molecule has 1 aromatic rings. The highest BCUT2D eigenvalue weighted by molar-refractivity contribution is 5.97. The Morgan fingerprint density at radius 2 is 1.30 bits per heavy atom. The molecule has 0 bridgehead atoms. The van der Waals surface area contributed by atoms with Crippen LogP contribution in [0.3, 0.4) is 0 Å². The van der Waals surface area contributed by atoms with E-state index in [9.17, 15) is 31.1 Å². The van der Waals surface area contributed by atoms with Crippen molar-refractivity contribution in [3.8, 4) is 0 Å². The molecule has 0 spiro atoms. The first-order chi connectivity index (χ1) is 10.6. The van der Waals surface area contributed by atoms with Crippen molar-refractivity contribution in [1.82, 2.24) is 4.90 Å². The number of hydrogen-bond acceptors (Lipinski definition) is 1. The van der Waals surface area contributed by atoms with Gasteiger partial charge in [0.1, 0.15) is 0 Å². The Morgan fingerprint density at radius 3 is 1.70 bits per heavy atom. The second-order valence-electron chi connectivity index (χ2n) is 5.93. The van der Waals surface area contributed by atoms with Crippen LogP contribution < -0.4 is 0 Å². The second-order valence-corrected chi connectivity index (χ2v) is 5.93. The summed E-state index contributed by atoms with van der Waals surface area (Å²) in [6.07, 6.45) is -6.55. The fourth-order valence-corrected chi connectivity index (χ4v) is 3.23. The van der Waals surface area contributed by atoms with Crippen molar-refractivity contribution in [2.24, 2.45) is 0 Å². The zero-order valence-electron chi connectivity index (χ0n) is 11.8. The van der Waals surface area contributed by atoms with Gasteiger partial charge in [0.25, 0.3) is 5.91 Å². The lowest BCUT2D eigenvalue weighted by Crippen LogP contribution is -2.18. The third-order valence-electron chi connectivity index (χ3n) is 4.39. The minimum absolute atomic E-state index is 0.0338. The van der Waals surface area contributed by atoms with Gasteiger partial charge in [-0.1, -0.05) is 12.8 Å². The van der Waals surface area contributed by atoms with Crippen molar-refractivity contribution < 1.29 is 31.1 Å². The molecule has 1 saturated carbocycles. The molecule has 1 aliphatic carbocycles. The van der Waals surface area contributed by atoms with Gasteiger partial charge in [-0.15, -0.1) is 0 Å². The molecule has 1 saturated heterocycles. The van der Waals surface area contributed by atoms with Gasteiger partial charge in [0.05, 0.1) is 23.2 Å². The predicted molar refractivity (Wildman–Crippen MR) is 68.7 cm³/mol. The highest BCUT2D eigenvalue weighted by atomic mass is 19.4. The number of amides is 1. The number of fused-ring (bicyclic) bond motifs is 1. The van der Waals surface area contributed by atoms with Gasteiger partial charge in [-0.05, 0) is 31.0 Å². The van der Waals surface area contributed by atoms with Gasteiger partial charge >= 0.3 is 12.4 Å². The number of nitrogens with zero attached hydrogens (tertiary/aromatic N) is 1. The van der Waals surface area contributed by atoms with Crippen molar-refractivity contribution in [3.63, 3.8) is 0 Å². The van der Waals surface area contributed by atoms with Crippen LogP contribution in [0.15, 0.2) is 18.2 Å². The number of benzene rings is 1. The first-order valence-corrected chi connectivity index (χ1v) is 7.21. The molecule has 2 atom stereocenters. The molecule has 1 amide bonds. The van der Waals surface area contributed by atoms with E-state index in [0.717, 1.165) is 25.7 Å². The second kappa shape index (κ2) is 5.14. The van der Waals surface area contributed by atoms with Gasteiger partial charge in [0, 0.05) is 5.56 Å². The van der Waals surface area contributed by atoms with Crippen LogP contribution in [-0.4, -0.2) is 22.9 Å². The zero-order valence-corrected chi connectivity index (χ0v) is 11.8. The average molecular weight is 337 g/mol. The number of alkyl halides is 6. The highest BCUT2D eigenvalue weighted by Crippen LogP contribution is 2.43. The Kier molecular flexibility index (Phi) is 3.61. The Balaban J connectivity index is 1.96. The topological polar surface area (TPSA) is 20.1 Å². The van der Waals surface area contributed by atoms with E-state index in [1.165, 1.54) is 4.90 Å². The van der Waals surface area contributed by atoms with Crippen LogP contribution in [0.25, 0.3) is 0 Å². The summed E-state index contributed by atoms with van der Waals surface area (Å²) >= 11 is 0. The third kappa shape index (κ3) is 3.03. The number of likely N-dealkylation sites (tertiary alicyclic amines) is 1. The zero-order chi connectivity index (χ0) is 17.0. The fraction of sp³-hybridized carbons (Fsp3) is 0.533. The number of carbonyl (C=O) groups is 1. The number of halogens is 6. The van der Waals surface area contributed by atoms with Crippen LogP contribution in [-0.2, 0) is 12.4 Å². The Morgan fingerprint density at radius 1 is 0.870 bits per heavy atom. The third-order valence-corrected chi connectivity index (χ3v) is 4.39. The van der Waals surface area contributed by atoms with Crippen LogP contribution in [0.4, 0.5) is 26.3 Å². The van der Waals surface area contributed by atoms with Gasteiger partial charge in [0.15, 0.2) is 0 Å². The fourth-order valence-electron chi connectivity index (χ4n) is 3.23. The van der Waals surface area contributed by atoms with Crippen LogP contribution >= 0.6 is 0 Å². The van der Waals surface area contributed by atoms with Crippen LogP contribution in [0, 0.1) is 0 Å². The molecule has 2 unspecified atom stereocenters. The number of rotatable bonds is 1. The molecular formula is C15H13F6NO. The first-order valence-electron chi connectivity index (χ1n) is 7.21. The quantitative estimate of drug-likeness (QED) is 0.546. The summed E-state index contributed by atoms with van der Waals surface area (Å²) in [5.74, 6) is -0.751. The van der Waals surface area contributed by atoms with E-state index in [0.29, 0.717) is 12.1 Å². The van der Waals surface area contributed by atoms with Crippen LogP contribution in [0.5, 0.6) is 0 Å². The molecule has 2 aliphatic rings. The lowest BCUT2D eigenvalue weighted by Gasteiger charge is -2.14. The molecule has 23 heavy (non-hydrogen) atoms. The molecule has 2 fully saturated rings. The summed E-state index contributed by atoms with van der Waals surface area (Å²) in [7, 11) is 0. The molecule has 1 heterocycles. The maximum atomic E-state index is 12.8. The smallest absolute Gasteiger partial charge is 0.329 e. The molecule has 0 radical (unpaired) electrons. The molecule has 3 rings (SSSR count). The lowest BCUT2D eigenvalue weighted by molar-refractivity contribution is -0.143. The highest BCUT2D eigenvalue weighted by Gasteiger charge is 2.51. The summed E-state index contributed by atoms with van der Waals surface area (Å²) in [6, 6.07) is 0.954. The molecule has 1 aromatic carbocycles. The number of carbonyl (C=O) groups excluding carboxylic acids is 1. The largest absolute Gasteiger partial charge is 0.416 e. The Labute approximate surface area is 128 Å². The molecule has 2 nitrogen and oxygen atoms in total. The van der Waals surface area contributed by atoms with Crippen LogP contribution in [0.1, 0.15) is 47.2 Å². The predicted octanol–water partition coefficient (Wildman–Crippen LogP) is 4.49. The molecule has 8 heteroatoms. The van der Waals surface area contributed by atoms with E-state index in [-0.39, 0.29) is 18.2 Å². The Hall–Kier alpha value is -1.73. The van der Waals surface area contributed by atoms with E-state index in [1.54, 1.807) is 0 Å². The van der Waals surface area contributed by atoms with E-state index >= 15 is 0 Å². The van der Waals surface area contributed by atoms with E-state index < -0.39 is 35.0 Å². The maximum absolute atomic E-state index is 12.8. The van der Waals surface area contributed by atoms with Gasteiger partial charge in [-0.2, -0.15) is 26.3 Å². The Bertz CT molecular complexity index is 592. The first kappa shape index (κ1) is 16.1. The summed E-state index contributed by atoms with van der Waals surface area (Å²) in [5, 5.41) is 0. The van der Waals surface area contributed by atoms with Crippen molar-refractivity contribution >= 4 is 5.91 Å². The standard InChI is InChI=1S/C15H13F6NO/c16-14(17,18)9-5-8(6-10(7-9)15(19,20)21)13(23)22-11-3-1-2-4-12(11)22/h5-7,11-12H,1-4H2. The molecule has 0 aromatic heterocycles. The lowest BCUT2D eigenvalue weighted by atomic mass is 10.0. The normalized spacial score (nSPS) is 24.3. The van der Waals surface area contributed by atoms with Crippen LogP contribution in [0.2, 0.25) is 0 Å². The number of hydrogen-bond donors (Lipinski definition) is 0. The van der Waals surface area contributed by atoms with Crippen molar-refractivity contribution in [3.05, 3.63) is 34.9 Å². The van der Waals surface area contributed by atoms with Gasteiger partial charge < -0.3 is 4.90 Å². The van der Waals surface area contributed by atoms with Crippen molar-refractivity contribution in [1.29, 1.82) is 0 Å². The van der Waals surface area contributed by atoms with Crippen molar-refractivity contribution in [2.75, 3.05) is 0 Å². The van der Waals surface area contributed by atoms with Gasteiger partial charge in [0.2, 0.25) is 0 Å². The molecule has 1 aliphatic heterocycles. The summed E-state index contributed by atoms with van der Waals surface area (Å²) in [5.41, 5.74) is -3.47. The minimum atomic E-state index is -4.94. The molecule has 126 valence electrons. The molecular weight excluding hydrogens is 324 g/mol. The minimum Gasteiger partial charge on any atom is -0.329 e. The average Bonchev–Trinajstić information content (AvgIpc) is 3.18. The monoisotopic (exact) mass is 337 g/mol. The van der Waals surface area contributed by atoms with E-state index in [2.05, 4.69) is 0 Å². The maximum Gasteiger partial charge on any atom is 0.416 e. The summed E-state index contributed by atoms with van der Waals surface area (Å²) < 4.78 is 76.9. The van der Waals surface area contributed by atoms with Crippen molar-refractivity contribution in [2.45, 2.75) is 50.1 Å².